The van der Waals surface area contributed by atoms with Crippen LogP contribution >= 0.6 is 34.8 Å². The summed E-state index contributed by atoms with van der Waals surface area (Å²) in [7, 11) is 0. The van der Waals surface area contributed by atoms with Gasteiger partial charge in [-0.2, -0.15) is 0 Å². The summed E-state index contributed by atoms with van der Waals surface area (Å²) in [5.74, 6) is 0.240. The lowest BCUT2D eigenvalue weighted by Crippen LogP contribution is -2.44. The van der Waals surface area contributed by atoms with Crippen molar-refractivity contribution in [2.75, 3.05) is 18.4 Å². The average Bonchev–Trinajstić information content (AvgIpc) is 2.45. The van der Waals surface area contributed by atoms with Crippen molar-refractivity contribution in [3.8, 4) is 0 Å². The molecule has 1 aliphatic rings. The van der Waals surface area contributed by atoms with Crippen molar-refractivity contribution >= 4 is 46.4 Å². The Kier molecular flexibility index (Phi) is 5.42. The Hall–Kier alpha value is -0.480. The van der Waals surface area contributed by atoms with Crippen molar-refractivity contribution in [3.05, 3.63) is 27.2 Å². The van der Waals surface area contributed by atoms with Crippen molar-refractivity contribution in [2.45, 2.75) is 26.7 Å². The SMILES string of the molecule is CC(C)(C(=O)Nc1cc(Cl)c(Cl)cc1Cl)C1CCCNC1. The van der Waals surface area contributed by atoms with Gasteiger partial charge in [-0.05, 0) is 44.0 Å². The van der Waals surface area contributed by atoms with Gasteiger partial charge < -0.3 is 10.6 Å². The van der Waals surface area contributed by atoms with Crippen molar-refractivity contribution < 1.29 is 4.79 Å². The van der Waals surface area contributed by atoms with Crippen LogP contribution in [-0.4, -0.2) is 19.0 Å². The lowest BCUT2D eigenvalue weighted by Gasteiger charge is -2.36. The highest BCUT2D eigenvalue weighted by molar-refractivity contribution is 6.44. The maximum Gasteiger partial charge on any atom is 0.230 e. The van der Waals surface area contributed by atoms with Crippen LogP contribution in [0.15, 0.2) is 12.1 Å². The molecule has 2 N–H and O–H groups in total. The molecule has 1 fully saturated rings. The second-order valence-electron chi connectivity index (χ2n) is 5.97. The zero-order valence-corrected chi connectivity index (χ0v) is 14.4. The molecular weight excluding hydrogens is 331 g/mol. The quantitative estimate of drug-likeness (QED) is 0.782. The van der Waals surface area contributed by atoms with Crippen LogP contribution in [0.2, 0.25) is 15.1 Å². The number of benzene rings is 1. The molecule has 6 heteroatoms. The highest BCUT2D eigenvalue weighted by atomic mass is 35.5. The van der Waals surface area contributed by atoms with Gasteiger partial charge in [0.05, 0.1) is 20.8 Å². The highest BCUT2D eigenvalue weighted by Gasteiger charge is 2.37. The van der Waals surface area contributed by atoms with Crippen LogP contribution in [0, 0.1) is 11.3 Å². The smallest absolute Gasteiger partial charge is 0.230 e. The number of nitrogens with one attached hydrogen (secondary N) is 2. The molecule has 0 aliphatic carbocycles. The predicted molar refractivity (Wildman–Crippen MR) is 89.5 cm³/mol. The number of anilines is 1. The fraction of sp³-hybridized carbons (Fsp3) is 0.533. The maximum absolute atomic E-state index is 12.6. The van der Waals surface area contributed by atoms with E-state index in [0.717, 1.165) is 25.9 Å². The van der Waals surface area contributed by atoms with Crippen LogP contribution in [-0.2, 0) is 4.79 Å². The molecule has 2 rings (SSSR count). The molecule has 0 saturated carbocycles. The highest BCUT2D eigenvalue weighted by Crippen LogP contribution is 2.36. The monoisotopic (exact) mass is 348 g/mol. The van der Waals surface area contributed by atoms with E-state index in [1.54, 1.807) is 6.07 Å². The Morgan fingerprint density at radius 3 is 2.52 bits per heavy atom. The zero-order chi connectivity index (χ0) is 15.6. The standard InChI is InChI=1S/C15H19Cl3N2O/c1-15(2,9-4-3-5-19-8-9)14(21)20-13-7-11(17)10(16)6-12(13)18/h6-7,9,19H,3-5,8H2,1-2H3,(H,20,21). The third-order valence-corrected chi connectivity index (χ3v) is 5.20. The van der Waals surface area contributed by atoms with Gasteiger partial charge in [0.1, 0.15) is 0 Å². The molecule has 0 aromatic heterocycles. The normalized spacial score (nSPS) is 19.4. The molecule has 0 spiro atoms. The summed E-state index contributed by atoms with van der Waals surface area (Å²) in [4.78, 5) is 12.6. The molecule has 1 heterocycles. The summed E-state index contributed by atoms with van der Waals surface area (Å²) in [5, 5.41) is 7.34. The van der Waals surface area contributed by atoms with Crippen molar-refractivity contribution in [1.29, 1.82) is 0 Å². The number of halogens is 3. The molecule has 116 valence electrons. The van der Waals surface area contributed by atoms with E-state index in [2.05, 4.69) is 10.6 Å². The second-order valence-corrected chi connectivity index (χ2v) is 7.19. The van der Waals surface area contributed by atoms with E-state index in [9.17, 15) is 4.79 Å². The second kappa shape index (κ2) is 6.74. The zero-order valence-electron chi connectivity index (χ0n) is 12.1. The molecule has 3 nitrogen and oxygen atoms in total. The number of carbonyl (C=O) groups is 1. The van der Waals surface area contributed by atoms with Gasteiger partial charge in [0, 0.05) is 5.41 Å². The van der Waals surface area contributed by atoms with E-state index >= 15 is 0 Å². The van der Waals surface area contributed by atoms with E-state index < -0.39 is 5.41 Å². The Morgan fingerprint density at radius 1 is 1.24 bits per heavy atom. The lowest BCUT2D eigenvalue weighted by atomic mass is 9.74. The lowest BCUT2D eigenvalue weighted by molar-refractivity contribution is -0.127. The Morgan fingerprint density at radius 2 is 1.90 bits per heavy atom. The Bertz CT molecular complexity index is 540. The van der Waals surface area contributed by atoms with E-state index in [0.29, 0.717) is 26.7 Å². The van der Waals surface area contributed by atoms with Crippen molar-refractivity contribution in [3.63, 3.8) is 0 Å². The first kappa shape index (κ1) is 16.9. The summed E-state index contributed by atoms with van der Waals surface area (Å²) in [5.41, 5.74) is 0.0102. The predicted octanol–water partition coefficient (Wildman–Crippen LogP) is 4.61. The van der Waals surface area contributed by atoms with Gasteiger partial charge in [-0.3, -0.25) is 4.79 Å². The fourth-order valence-electron chi connectivity index (χ4n) is 2.55. The molecule has 1 aliphatic heterocycles. The van der Waals surface area contributed by atoms with Gasteiger partial charge >= 0.3 is 0 Å². The van der Waals surface area contributed by atoms with E-state index in [4.69, 9.17) is 34.8 Å². The van der Waals surface area contributed by atoms with Crippen LogP contribution in [0.1, 0.15) is 26.7 Å². The minimum atomic E-state index is -0.483. The Labute approximate surface area is 140 Å². The topological polar surface area (TPSA) is 41.1 Å². The largest absolute Gasteiger partial charge is 0.324 e. The molecular formula is C15H19Cl3N2O. The number of rotatable bonds is 3. The minimum absolute atomic E-state index is 0.0588. The Balaban J connectivity index is 2.15. The van der Waals surface area contributed by atoms with Crippen molar-refractivity contribution in [2.24, 2.45) is 11.3 Å². The number of carbonyl (C=O) groups excluding carboxylic acids is 1. The van der Waals surface area contributed by atoms with Crippen LogP contribution in [0.4, 0.5) is 5.69 Å². The molecule has 1 amide bonds. The van der Waals surface area contributed by atoms with Gasteiger partial charge in [-0.1, -0.05) is 48.7 Å². The first-order valence-electron chi connectivity index (χ1n) is 6.99. The molecule has 0 radical (unpaired) electrons. The molecule has 1 atom stereocenters. The first-order chi connectivity index (χ1) is 9.82. The maximum atomic E-state index is 12.6. The average molecular weight is 350 g/mol. The molecule has 21 heavy (non-hydrogen) atoms. The minimum Gasteiger partial charge on any atom is -0.324 e. The number of piperidine rings is 1. The van der Waals surface area contributed by atoms with E-state index in [1.807, 2.05) is 13.8 Å². The summed E-state index contributed by atoms with van der Waals surface area (Å²) in [6.45, 7) is 5.80. The fourth-order valence-corrected chi connectivity index (χ4v) is 3.15. The number of amides is 1. The van der Waals surface area contributed by atoms with Crippen LogP contribution in [0.3, 0.4) is 0 Å². The molecule has 1 saturated heterocycles. The van der Waals surface area contributed by atoms with Gasteiger partial charge in [-0.15, -0.1) is 0 Å². The number of hydrogen-bond acceptors (Lipinski definition) is 2. The number of hydrogen-bond donors (Lipinski definition) is 2. The summed E-state index contributed by atoms with van der Waals surface area (Å²) >= 11 is 18.0. The van der Waals surface area contributed by atoms with Crippen molar-refractivity contribution in [1.82, 2.24) is 5.32 Å². The van der Waals surface area contributed by atoms with Crippen LogP contribution in [0.5, 0.6) is 0 Å². The van der Waals surface area contributed by atoms with Crippen LogP contribution in [0.25, 0.3) is 0 Å². The van der Waals surface area contributed by atoms with E-state index in [-0.39, 0.29) is 5.91 Å². The van der Waals surface area contributed by atoms with Gasteiger partial charge in [0.25, 0.3) is 0 Å². The summed E-state index contributed by atoms with van der Waals surface area (Å²) in [6, 6.07) is 3.12. The van der Waals surface area contributed by atoms with Gasteiger partial charge in [0.15, 0.2) is 0 Å². The first-order valence-corrected chi connectivity index (χ1v) is 8.12. The molecule has 0 bridgehead atoms. The summed E-state index contributed by atoms with van der Waals surface area (Å²) in [6.07, 6.45) is 2.14. The molecule has 1 unspecified atom stereocenters. The van der Waals surface area contributed by atoms with Gasteiger partial charge in [-0.25, -0.2) is 0 Å². The van der Waals surface area contributed by atoms with Gasteiger partial charge in [0.2, 0.25) is 5.91 Å². The third-order valence-electron chi connectivity index (χ3n) is 4.16. The summed E-state index contributed by atoms with van der Waals surface area (Å²) < 4.78 is 0. The van der Waals surface area contributed by atoms with Crippen LogP contribution < -0.4 is 10.6 Å². The van der Waals surface area contributed by atoms with E-state index in [1.165, 1.54) is 6.07 Å². The molecule has 1 aromatic rings. The third kappa shape index (κ3) is 3.84. The molecule has 1 aromatic carbocycles.